The molecule has 5 heteroatoms. The molecule has 0 bridgehead atoms. The summed E-state index contributed by atoms with van der Waals surface area (Å²) in [6, 6.07) is 0.795. The van der Waals surface area contributed by atoms with Crippen molar-refractivity contribution in [1.29, 1.82) is 0 Å². The second-order valence-corrected chi connectivity index (χ2v) is 3.97. The number of amidine groups is 1. The summed E-state index contributed by atoms with van der Waals surface area (Å²) in [6.07, 6.45) is 4.56. The topological polar surface area (TPSA) is 61.9 Å². The standard InChI is InChI=1S/C10H16N2O3/c1-2-15-10(13)9(11-14)12-7-5-3-4-6-8(7)12/h7-8,14H,2-6H2,1H3/b11-9-. The van der Waals surface area contributed by atoms with Crippen molar-refractivity contribution >= 4 is 11.8 Å². The normalized spacial score (nSPS) is 29.7. The van der Waals surface area contributed by atoms with Crippen LogP contribution in [0.2, 0.25) is 0 Å². The Morgan fingerprint density at radius 1 is 1.47 bits per heavy atom. The Bertz CT molecular complexity index is 278. The van der Waals surface area contributed by atoms with Gasteiger partial charge >= 0.3 is 5.97 Å². The third kappa shape index (κ3) is 1.78. The molecule has 1 heterocycles. The van der Waals surface area contributed by atoms with Gasteiger partial charge in [-0.25, -0.2) is 4.79 Å². The van der Waals surface area contributed by atoms with E-state index in [0.29, 0.717) is 18.7 Å². The fourth-order valence-electron chi connectivity index (χ4n) is 2.41. The lowest BCUT2D eigenvalue weighted by Crippen LogP contribution is -2.27. The van der Waals surface area contributed by atoms with Gasteiger partial charge in [0.15, 0.2) is 0 Å². The van der Waals surface area contributed by atoms with E-state index in [0.717, 1.165) is 12.8 Å². The Balaban J connectivity index is 2.00. The van der Waals surface area contributed by atoms with Gasteiger partial charge in [0.1, 0.15) is 0 Å². The van der Waals surface area contributed by atoms with E-state index < -0.39 is 5.97 Å². The average molecular weight is 212 g/mol. The summed E-state index contributed by atoms with van der Waals surface area (Å²) >= 11 is 0. The summed E-state index contributed by atoms with van der Waals surface area (Å²) in [5, 5.41) is 11.9. The zero-order valence-corrected chi connectivity index (χ0v) is 8.85. The molecule has 0 spiro atoms. The first-order chi connectivity index (χ1) is 7.29. The molecule has 0 aromatic carbocycles. The van der Waals surface area contributed by atoms with Gasteiger partial charge in [0, 0.05) is 0 Å². The third-order valence-electron chi connectivity index (χ3n) is 3.12. The van der Waals surface area contributed by atoms with Crippen LogP contribution < -0.4 is 0 Å². The number of nitrogens with zero attached hydrogens (tertiary/aromatic N) is 2. The summed E-state index contributed by atoms with van der Waals surface area (Å²) in [6.45, 7) is 2.04. The summed E-state index contributed by atoms with van der Waals surface area (Å²) in [5.41, 5.74) is 0. The number of oxime groups is 1. The fourth-order valence-corrected chi connectivity index (χ4v) is 2.41. The van der Waals surface area contributed by atoms with Crippen LogP contribution in [0.5, 0.6) is 0 Å². The maximum atomic E-state index is 11.4. The smallest absolute Gasteiger partial charge is 0.377 e. The van der Waals surface area contributed by atoms with Gasteiger partial charge in [0.05, 0.1) is 18.7 Å². The molecule has 1 N–H and O–H groups in total. The lowest BCUT2D eigenvalue weighted by atomic mass is 10.0. The van der Waals surface area contributed by atoms with Crippen molar-refractivity contribution < 1.29 is 14.7 Å². The number of ether oxygens (including phenoxy) is 1. The molecule has 1 aliphatic carbocycles. The van der Waals surface area contributed by atoms with Gasteiger partial charge in [-0.3, -0.25) is 0 Å². The minimum Gasteiger partial charge on any atom is -0.460 e. The Hall–Kier alpha value is -1.26. The molecule has 0 aromatic rings. The molecule has 2 atom stereocenters. The highest BCUT2D eigenvalue weighted by Crippen LogP contribution is 2.40. The van der Waals surface area contributed by atoms with Gasteiger partial charge in [-0.05, 0) is 19.8 Å². The van der Waals surface area contributed by atoms with Crippen LogP contribution in [-0.2, 0) is 9.53 Å². The van der Waals surface area contributed by atoms with Gasteiger partial charge in [-0.2, -0.15) is 0 Å². The van der Waals surface area contributed by atoms with Gasteiger partial charge in [-0.1, -0.05) is 18.0 Å². The predicted molar refractivity (Wildman–Crippen MR) is 53.7 cm³/mol. The molecule has 2 rings (SSSR count). The Kier molecular flexibility index (Phi) is 2.79. The van der Waals surface area contributed by atoms with Crippen molar-refractivity contribution in [2.75, 3.05) is 6.61 Å². The molecular weight excluding hydrogens is 196 g/mol. The van der Waals surface area contributed by atoms with E-state index in [-0.39, 0.29) is 5.84 Å². The summed E-state index contributed by atoms with van der Waals surface area (Å²) in [4.78, 5) is 13.3. The fraction of sp³-hybridized carbons (Fsp3) is 0.800. The van der Waals surface area contributed by atoms with Crippen molar-refractivity contribution in [1.82, 2.24) is 4.90 Å². The van der Waals surface area contributed by atoms with Gasteiger partial charge < -0.3 is 14.8 Å². The van der Waals surface area contributed by atoms with Crippen LogP contribution in [0.25, 0.3) is 0 Å². The molecule has 2 fully saturated rings. The molecule has 84 valence electrons. The Morgan fingerprint density at radius 3 is 2.53 bits per heavy atom. The monoisotopic (exact) mass is 212 g/mol. The lowest BCUT2D eigenvalue weighted by Gasteiger charge is -2.06. The zero-order chi connectivity index (χ0) is 10.8. The Labute approximate surface area is 88.7 Å². The first kappa shape index (κ1) is 10.3. The number of carbonyl (C=O) groups is 1. The number of likely N-dealkylation sites (tertiary alicyclic amines) is 1. The zero-order valence-electron chi connectivity index (χ0n) is 8.85. The molecule has 0 aromatic heterocycles. The highest BCUT2D eigenvalue weighted by Gasteiger charge is 2.52. The summed E-state index contributed by atoms with van der Waals surface area (Å²) < 4.78 is 4.83. The largest absolute Gasteiger partial charge is 0.460 e. The molecular formula is C10H16N2O3. The van der Waals surface area contributed by atoms with Crippen LogP contribution in [0, 0.1) is 0 Å². The molecule has 2 unspecified atom stereocenters. The highest BCUT2D eigenvalue weighted by atomic mass is 16.5. The van der Waals surface area contributed by atoms with Crippen molar-refractivity contribution in [3.05, 3.63) is 0 Å². The average Bonchev–Trinajstić information content (AvgIpc) is 2.95. The van der Waals surface area contributed by atoms with Crippen molar-refractivity contribution in [3.8, 4) is 0 Å². The van der Waals surface area contributed by atoms with E-state index in [4.69, 9.17) is 9.94 Å². The second kappa shape index (κ2) is 4.08. The highest BCUT2D eigenvalue weighted by molar-refractivity contribution is 6.35. The number of fused-ring (bicyclic) bond motifs is 1. The van der Waals surface area contributed by atoms with Gasteiger partial charge in [0.25, 0.3) is 5.84 Å². The molecule has 2 aliphatic rings. The number of hydrogen-bond donors (Lipinski definition) is 1. The first-order valence-electron chi connectivity index (χ1n) is 5.47. The van der Waals surface area contributed by atoms with Crippen LogP contribution in [0.15, 0.2) is 5.16 Å². The second-order valence-electron chi connectivity index (χ2n) is 3.97. The molecule has 1 saturated heterocycles. The minimum absolute atomic E-state index is 0.0775. The number of esters is 1. The van der Waals surface area contributed by atoms with E-state index in [9.17, 15) is 4.79 Å². The van der Waals surface area contributed by atoms with Crippen LogP contribution >= 0.6 is 0 Å². The van der Waals surface area contributed by atoms with Gasteiger partial charge in [0.2, 0.25) is 0 Å². The molecule has 0 amide bonds. The SMILES string of the molecule is CCOC(=O)/C(=N/O)N1C2CCCCC21. The summed E-state index contributed by atoms with van der Waals surface area (Å²) in [7, 11) is 0. The quantitative estimate of drug-likeness (QED) is 0.176. The van der Waals surface area contributed by atoms with Crippen molar-refractivity contribution in [3.63, 3.8) is 0 Å². The number of rotatable bonds is 1. The van der Waals surface area contributed by atoms with E-state index in [1.54, 1.807) is 6.92 Å². The Morgan fingerprint density at radius 2 is 2.07 bits per heavy atom. The molecule has 15 heavy (non-hydrogen) atoms. The van der Waals surface area contributed by atoms with E-state index in [2.05, 4.69) is 5.16 Å². The van der Waals surface area contributed by atoms with Crippen LogP contribution in [0.4, 0.5) is 0 Å². The van der Waals surface area contributed by atoms with E-state index >= 15 is 0 Å². The van der Waals surface area contributed by atoms with E-state index in [1.807, 2.05) is 4.90 Å². The maximum Gasteiger partial charge on any atom is 0.377 e. The molecule has 5 nitrogen and oxygen atoms in total. The molecule has 1 saturated carbocycles. The van der Waals surface area contributed by atoms with Crippen molar-refractivity contribution in [2.24, 2.45) is 5.16 Å². The lowest BCUT2D eigenvalue weighted by molar-refractivity contribution is -0.135. The van der Waals surface area contributed by atoms with E-state index in [1.165, 1.54) is 12.8 Å². The van der Waals surface area contributed by atoms with Crippen LogP contribution in [-0.4, -0.2) is 40.6 Å². The predicted octanol–water partition coefficient (Wildman–Crippen LogP) is 0.964. The van der Waals surface area contributed by atoms with Gasteiger partial charge in [-0.15, -0.1) is 0 Å². The minimum atomic E-state index is -0.519. The maximum absolute atomic E-state index is 11.4. The number of carbonyl (C=O) groups excluding carboxylic acids is 1. The van der Waals surface area contributed by atoms with Crippen LogP contribution in [0.1, 0.15) is 32.6 Å². The van der Waals surface area contributed by atoms with Crippen molar-refractivity contribution in [2.45, 2.75) is 44.7 Å². The third-order valence-corrected chi connectivity index (χ3v) is 3.12. The summed E-state index contributed by atoms with van der Waals surface area (Å²) in [5.74, 6) is -0.442. The molecule has 0 radical (unpaired) electrons. The first-order valence-corrected chi connectivity index (χ1v) is 5.47. The van der Waals surface area contributed by atoms with Crippen LogP contribution in [0.3, 0.4) is 0 Å². The number of hydrogen-bond acceptors (Lipinski definition) is 4. The molecule has 1 aliphatic heterocycles.